The molecule has 0 aliphatic carbocycles. The van der Waals surface area contributed by atoms with Gasteiger partial charge in [0.15, 0.2) is 0 Å². The van der Waals surface area contributed by atoms with Crippen LogP contribution in [-0.2, 0) is 29.1 Å². The molecule has 13 heavy (non-hydrogen) atoms. The molecule has 2 atom stereocenters. The zero-order valence-corrected chi connectivity index (χ0v) is 10.4. The van der Waals surface area contributed by atoms with Crippen LogP contribution in [0.1, 0.15) is 13.3 Å². The van der Waals surface area contributed by atoms with E-state index in [2.05, 4.69) is 0 Å². The molecule has 2 N–H and O–H groups in total. The Morgan fingerprint density at radius 3 is 2.31 bits per heavy atom. The van der Waals surface area contributed by atoms with Crippen molar-refractivity contribution in [1.29, 1.82) is 0 Å². The summed E-state index contributed by atoms with van der Waals surface area (Å²) in [5.74, 6) is -1.36. The van der Waals surface area contributed by atoms with Gasteiger partial charge in [0.1, 0.15) is 6.04 Å². The number of likely N-dealkylation sites (tertiary alicyclic amines) is 1. The molecule has 5 nitrogen and oxygen atoms in total. The van der Waals surface area contributed by atoms with Gasteiger partial charge < -0.3 is 15.1 Å². The molecule has 1 aliphatic rings. The molecule has 0 aromatic rings. The Bertz CT molecular complexity index is 199. The van der Waals surface area contributed by atoms with E-state index in [0.29, 0.717) is 0 Å². The molecule has 0 unspecified atom stereocenters. The van der Waals surface area contributed by atoms with Crippen LogP contribution < -0.4 is 0 Å². The standard InChI is InChI=1S/C7H11NO4.Zn/c1-4(9)8-3-5(10)2-6(8)7(11)12;/h5-6,10H,2-3H2,1H3,(H,11,12);/t5-,6+;/m1./s1. The number of carboxylic acid groups (broad SMARTS) is 1. The number of hydrogen-bond acceptors (Lipinski definition) is 3. The molecule has 1 fully saturated rings. The van der Waals surface area contributed by atoms with Crippen LogP contribution in [0, 0.1) is 0 Å². The summed E-state index contributed by atoms with van der Waals surface area (Å²) in [4.78, 5) is 22.6. The summed E-state index contributed by atoms with van der Waals surface area (Å²) < 4.78 is 0. The third kappa shape index (κ3) is 2.74. The minimum atomic E-state index is -1.05. The largest absolute Gasteiger partial charge is 0.480 e. The molecule has 0 aromatic heterocycles. The van der Waals surface area contributed by atoms with Crippen LogP contribution in [0.25, 0.3) is 0 Å². The van der Waals surface area contributed by atoms with Crippen molar-refractivity contribution >= 4 is 11.9 Å². The van der Waals surface area contributed by atoms with Crippen LogP contribution in [0.4, 0.5) is 0 Å². The molecule has 0 aromatic carbocycles. The second-order valence-corrected chi connectivity index (χ2v) is 2.91. The Morgan fingerprint density at radius 2 is 2.00 bits per heavy atom. The minimum absolute atomic E-state index is 0. The maximum Gasteiger partial charge on any atom is 0.326 e. The topological polar surface area (TPSA) is 77.8 Å². The van der Waals surface area contributed by atoms with Gasteiger partial charge in [-0.3, -0.25) is 4.79 Å². The number of carbonyl (C=O) groups excluding carboxylic acids is 1. The third-order valence-corrected chi connectivity index (χ3v) is 1.97. The molecular weight excluding hydrogens is 227 g/mol. The minimum Gasteiger partial charge on any atom is -0.480 e. The zero-order valence-electron chi connectivity index (χ0n) is 7.43. The van der Waals surface area contributed by atoms with Crippen LogP contribution in [0.2, 0.25) is 0 Å². The molecular formula is C7H11NO4Zn. The second-order valence-electron chi connectivity index (χ2n) is 2.91. The Balaban J connectivity index is 0.00000144. The summed E-state index contributed by atoms with van der Waals surface area (Å²) in [5, 5.41) is 17.8. The van der Waals surface area contributed by atoms with Crippen LogP contribution in [0.3, 0.4) is 0 Å². The number of aliphatic hydroxyl groups excluding tert-OH is 1. The van der Waals surface area contributed by atoms with Gasteiger partial charge in [0.2, 0.25) is 5.91 Å². The first-order valence-corrected chi connectivity index (χ1v) is 3.70. The van der Waals surface area contributed by atoms with Gasteiger partial charge in [0, 0.05) is 39.4 Å². The van der Waals surface area contributed by atoms with Crippen molar-refractivity contribution in [2.24, 2.45) is 0 Å². The number of carboxylic acids is 1. The first-order chi connectivity index (χ1) is 5.52. The quantitative estimate of drug-likeness (QED) is 0.578. The normalized spacial score (nSPS) is 26.8. The number of amides is 1. The molecule has 1 rings (SSSR count). The molecule has 70 valence electrons. The van der Waals surface area contributed by atoms with Gasteiger partial charge in [-0.2, -0.15) is 0 Å². The van der Waals surface area contributed by atoms with Crippen molar-refractivity contribution < 1.29 is 39.3 Å². The van der Waals surface area contributed by atoms with E-state index in [1.54, 1.807) is 0 Å². The number of carbonyl (C=O) groups is 2. The number of aliphatic hydroxyl groups is 1. The fraction of sp³-hybridized carbons (Fsp3) is 0.714. The molecule has 6 heteroatoms. The van der Waals surface area contributed by atoms with Crippen LogP contribution in [-0.4, -0.2) is 45.7 Å². The maximum atomic E-state index is 10.9. The Labute approximate surface area is 88.5 Å². The summed E-state index contributed by atoms with van der Waals surface area (Å²) in [5.41, 5.74) is 0. The SMILES string of the molecule is CC(=O)N1C[C@H](O)C[C@H]1C(=O)O.[Zn]. The summed E-state index contributed by atoms with van der Waals surface area (Å²) in [6.07, 6.45) is -0.565. The maximum absolute atomic E-state index is 10.9. The van der Waals surface area contributed by atoms with Crippen molar-refractivity contribution in [3.8, 4) is 0 Å². The average molecular weight is 239 g/mol. The number of hydrogen-bond donors (Lipinski definition) is 2. The first kappa shape index (κ1) is 12.5. The Hall–Kier alpha value is -0.477. The molecule has 0 spiro atoms. The van der Waals surface area contributed by atoms with Gasteiger partial charge in [-0.05, 0) is 0 Å². The second kappa shape index (κ2) is 4.67. The smallest absolute Gasteiger partial charge is 0.326 e. The molecule has 0 radical (unpaired) electrons. The Morgan fingerprint density at radius 1 is 1.46 bits per heavy atom. The van der Waals surface area contributed by atoms with Crippen LogP contribution in [0.5, 0.6) is 0 Å². The Kier molecular flexibility index (Phi) is 4.50. The van der Waals surface area contributed by atoms with Crippen molar-refractivity contribution in [1.82, 2.24) is 4.90 Å². The summed E-state index contributed by atoms with van der Waals surface area (Å²) in [6.45, 7) is 1.43. The average Bonchev–Trinajstić information content (AvgIpc) is 2.31. The van der Waals surface area contributed by atoms with Crippen molar-refractivity contribution in [3.63, 3.8) is 0 Å². The molecule has 0 bridgehead atoms. The van der Waals surface area contributed by atoms with Gasteiger partial charge in [0.05, 0.1) is 6.10 Å². The summed E-state index contributed by atoms with van der Waals surface area (Å²) in [7, 11) is 0. The van der Waals surface area contributed by atoms with E-state index in [4.69, 9.17) is 10.2 Å². The van der Waals surface area contributed by atoms with Gasteiger partial charge in [-0.1, -0.05) is 0 Å². The van der Waals surface area contributed by atoms with Gasteiger partial charge in [0.25, 0.3) is 0 Å². The van der Waals surface area contributed by atoms with E-state index < -0.39 is 18.1 Å². The van der Waals surface area contributed by atoms with Crippen molar-refractivity contribution in [2.75, 3.05) is 6.54 Å². The number of β-amino-alcohol motifs (C(OH)–C–C–N with tert-alkyl or cyclic N) is 1. The third-order valence-electron chi connectivity index (χ3n) is 1.97. The van der Waals surface area contributed by atoms with E-state index in [1.165, 1.54) is 11.8 Å². The fourth-order valence-electron chi connectivity index (χ4n) is 1.40. The van der Waals surface area contributed by atoms with Gasteiger partial charge in [-0.25, -0.2) is 4.79 Å². The fourth-order valence-corrected chi connectivity index (χ4v) is 1.40. The summed E-state index contributed by atoms with van der Waals surface area (Å²) >= 11 is 0. The van der Waals surface area contributed by atoms with Gasteiger partial charge in [-0.15, -0.1) is 0 Å². The molecule has 1 amide bonds. The van der Waals surface area contributed by atoms with Crippen molar-refractivity contribution in [2.45, 2.75) is 25.5 Å². The number of aliphatic carboxylic acids is 1. The number of nitrogens with zero attached hydrogens (tertiary/aromatic N) is 1. The predicted molar refractivity (Wildman–Crippen MR) is 39.4 cm³/mol. The van der Waals surface area contributed by atoms with E-state index in [0.717, 1.165) is 0 Å². The van der Waals surface area contributed by atoms with E-state index in [9.17, 15) is 9.59 Å². The first-order valence-electron chi connectivity index (χ1n) is 3.70. The van der Waals surface area contributed by atoms with E-state index in [1.807, 2.05) is 0 Å². The van der Waals surface area contributed by atoms with Gasteiger partial charge >= 0.3 is 5.97 Å². The molecule has 1 heterocycles. The molecule has 0 saturated carbocycles. The van der Waals surface area contributed by atoms with Crippen LogP contribution >= 0.6 is 0 Å². The monoisotopic (exact) mass is 237 g/mol. The summed E-state index contributed by atoms with van der Waals surface area (Å²) in [6, 6.07) is -0.850. The van der Waals surface area contributed by atoms with Crippen molar-refractivity contribution in [3.05, 3.63) is 0 Å². The van der Waals surface area contributed by atoms with E-state index >= 15 is 0 Å². The molecule has 1 aliphatic heterocycles. The number of rotatable bonds is 1. The zero-order chi connectivity index (χ0) is 9.30. The predicted octanol–water partition coefficient (Wildman–Crippen LogP) is -0.950. The van der Waals surface area contributed by atoms with Crippen LogP contribution in [0.15, 0.2) is 0 Å². The van der Waals surface area contributed by atoms with E-state index in [-0.39, 0.29) is 38.4 Å². The molecule has 1 saturated heterocycles.